The molecule has 2 atom stereocenters. The summed E-state index contributed by atoms with van der Waals surface area (Å²) in [6.45, 7) is 1.50. The number of nitrogens with zero attached hydrogens (tertiary/aromatic N) is 2. The standard InChI is InChI=1S/C15H15BrN2O2/c1-11(20)15-17-8-9-18(15)14(10-19)7-4-12-2-5-13(16)6-3-12/h2-3,5-6,8-9,11,14,19-20H,10H2,1H3/t11?,14-/m0/s1. The Morgan fingerprint density at radius 2 is 2.05 bits per heavy atom. The minimum Gasteiger partial charge on any atom is -0.393 e. The number of aromatic nitrogens is 2. The van der Waals surface area contributed by atoms with Crippen molar-refractivity contribution >= 4 is 15.9 Å². The molecule has 2 aromatic rings. The Bertz CT molecular complexity index is 623. The fraction of sp³-hybridized carbons (Fsp3) is 0.267. The van der Waals surface area contributed by atoms with Crippen LogP contribution >= 0.6 is 15.9 Å². The maximum Gasteiger partial charge on any atom is 0.138 e. The average molecular weight is 335 g/mol. The molecule has 5 heteroatoms. The lowest BCUT2D eigenvalue weighted by Crippen LogP contribution is -2.15. The van der Waals surface area contributed by atoms with Gasteiger partial charge in [0.1, 0.15) is 18.0 Å². The maximum absolute atomic E-state index is 9.64. The molecule has 0 saturated carbocycles. The van der Waals surface area contributed by atoms with E-state index in [1.165, 1.54) is 0 Å². The smallest absolute Gasteiger partial charge is 0.138 e. The van der Waals surface area contributed by atoms with Crippen molar-refractivity contribution in [1.29, 1.82) is 0 Å². The van der Waals surface area contributed by atoms with Crippen LogP contribution in [0, 0.1) is 11.8 Å². The highest BCUT2D eigenvalue weighted by Gasteiger charge is 2.14. The van der Waals surface area contributed by atoms with E-state index < -0.39 is 12.1 Å². The fourth-order valence-electron chi connectivity index (χ4n) is 1.81. The van der Waals surface area contributed by atoms with E-state index in [1.54, 1.807) is 23.9 Å². The number of benzene rings is 1. The van der Waals surface area contributed by atoms with E-state index in [-0.39, 0.29) is 6.61 Å². The average Bonchev–Trinajstić information content (AvgIpc) is 2.91. The van der Waals surface area contributed by atoms with Gasteiger partial charge in [-0.15, -0.1) is 0 Å². The number of halogens is 1. The molecule has 1 aromatic heterocycles. The van der Waals surface area contributed by atoms with Crippen molar-refractivity contribution in [3.05, 3.63) is 52.5 Å². The molecule has 0 saturated heterocycles. The van der Waals surface area contributed by atoms with Gasteiger partial charge in [0.05, 0.1) is 6.61 Å². The van der Waals surface area contributed by atoms with Crippen LogP contribution in [0.1, 0.15) is 30.5 Å². The maximum atomic E-state index is 9.64. The van der Waals surface area contributed by atoms with Crippen molar-refractivity contribution in [2.45, 2.75) is 19.1 Å². The lowest BCUT2D eigenvalue weighted by molar-refractivity contribution is 0.176. The summed E-state index contributed by atoms with van der Waals surface area (Å²) < 4.78 is 2.68. The summed E-state index contributed by atoms with van der Waals surface area (Å²) in [7, 11) is 0. The molecule has 1 heterocycles. The van der Waals surface area contributed by atoms with Crippen LogP contribution < -0.4 is 0 Å². The molecule has 0 bridgehead atoms. The second-order valence-electron chi connectivity index (χ2n) is 4.34. The molecular formula is C15H15BrN2O2. The van der Waals surface area contributed by atoms with E-state index in [9.17, 15) is 10.2 Å². The Morgan fingerprint density at radius 1 is 1.35 bits per heavy atom. The SMILES string of the molecule is CC(O)c1nccn1[C@@H](C#Cc1ccc(Br)cc1)CO. The van der Waals surface area contributed by atoms with Crippen molar-refractivity contribution < 1.29 is 10.2 Å². The third-order valence-corrected chi connectivity index (χ3v) is 3.34. The molecule has 104 valence electrons. The molecule has 0 amide bonds. The van der Waals surface area contributed by atoms with Crippen molar-refractivity contribution in [1.82, 2.24) is 9.55 Å². The van der Waals surface area contributed by atoms with Crippen LogP contribution in [0.25, 0.3) is 0 Å². The van der Waals surface area contributed by atoms with Gasteiger partial charge in [0.25, 0.3) is 0 Å². The number of aliphatic hydroxyl groups excluding tert-OH is 2. The van der Waals surface area contributed by atoms with E-state index in [1.807, 2.05) is 24.3 Å². The van der Waals surface area contributed by atoms with E-state index in [2.05, 4.69) is 32.8 Å². The Morgan fingerprint density at radius 3 is 2.65 bits per heavy atom. The zero-order chi connectivity index (χ0) is 14.5. The zero-order valence-corrected chi connectivity index (χ0v) is 12.6. The van der Waals surface area contributed by atoms with Gasteiger partial charge >= 0.3 is 0 Å². The van der Waals surface area contributed by atoms with Crippen molar-refractivity contribution in [3.8, 4) is 11.8 Å². The van der Waals surface area contributed by atoms with Gasteiger partial charge in [-0.3, -0.25) is 0 Å². The van der Waals surface area contributed by atoms with Crippen LogP contribution in [0.2, 0.25) is 0 Å². The van der Waals surface area contributed by atoms with Crippen LogP contribution in [0.3, 0.4) is 0 Å². The number of rotatable bonds is 3. The Kier molecular flexibility index (Phi) is 4.96. The molecule has 0 aliphatic heterocycles. The second kappa shape index (κ2) is 6.71. The molecule has 0 spiro atoms. The summed E-state index contributed by atoms with van der Waals surface area (Å²) in [4.78, 5) is 4.08. The fourth-order valence-corrected chi connectivity index (χ4v) is 2.08. The molecule has 1 unspecified atom stereocenters. The summed E-state index contributed by atoms with van der Waals surface area (Å²) >= 11 is 3.37. The van der Waals surface area contributed by atoms with Crippen molar-refractivity contribution in [3.63, 3.8) is 0 Å². The lowest BCUT2D eigenvalue weighted by atomic mass is 10.2. The first-order valence-electron chi connectivity index (χ1n) is 6.20. The summed E-state index contributed by atoms with van der Waals surface area (Å²) in [6.07, 6.45) is 2.60. The van der Waals surface area contributed by atoms with Gasteiger partial charge in [-0.2, -0.15) is 0 Å². The largest absolute Gasteiger partial charge is 0.393 e. The normalized spacial score (nSPS) is 13.4. The Balaban J connectivity index is 2.25. The Labute approximate surface area is 126 Å². The highest BCUT2D eigenvalue weighted by atomic mass is 79.9. The molecule has 1 aromatic carbocycles. The minimum absolute atomic E-state index is 0.139. The van der Waals surface area contributed by atoms with Gasteiger partial charge in [0.2, 0.25) is 0 Å². The molecule has 0 radical (unpaired) electrons. The highest BCUT2D eigenvalue weighted by Crippen LogP contribution is 2.15. The third kappa shape index (κ3) is 3.48. The molecule has 4 nitrogen and oxygen atoms in total. The minimum atomic E-state index is -0.700. The molecule has 0 aliphatic carbocycles. The van der Waals surface area contributed by atoms with Crippen molar-refractivity contribution in [2.24, 2.45) is 0 Å². The first-order valence-corrected chi connectivity index (χ1v) is 7.00. The quantitative estimate of drug-likeness (QED) is 0.846. The second-order valence-corrected chi connectivity index (χ2v) is 5.26. The molecular weight excluding hydrogens is 320 g/mol. The summed E-state index contributed by atoms with van der Waals surface area (Å²) in [5, 5.41) is 19.1. The molecule has 0 fully saturated rings. The van der Waals surface area contributed by atoms with E-state index in [0.717, 1.165) is 10.0 Å². The van der Waals surface area contributed by atoms with Gasteiger partial charge in [0, 0.05) is 22.4 Å². The summed E-state index contributed by atoms with van der Waals surface area (Å²) in [5.74, 6) is 6.51. The molecule has 2 rings (SSSR count). The van der Waals surface area contributed by atoms with Crippen LogP contribution in [-0.2, 0) is 0 Å². The van der Waals surface area contributed by atoms with Gasteiger partial charge < -0.3 is 14.8 Å². The van der Waals surface area contributed by atoms with Crippen LogP contribution in [0.4, 0.5) is 0 Å². The van der Waals surface area contributed by atoms with Gasteiger partial charge in [-0.05, 0) is 31.2 Å². The Hall–Kier alpha value is -1.61. The topological polar surface area (TPSA) is 58.3 Å². The van der Waals surface area contributed by atoms with E-state index in [0.29, 0.717) is 5.82 Å². The number of aliphatic hydroxyl groups is 2. The predicted molar refractivity (Wildman–Crippen MR) is 80.0 cm³/mol. The lowest BCUT2D eigenvalue weighted by Gasteiger charge is -2.14. The van der Waals surface area contributed by atoms with Crippen molar-refractivity contribution in [2.75, 3.05) is 6.61 Å². The number of hydrogen-bond acceptors (Lipinski definition) is 3. The first kappa shape index (κ1) is 14.8. The summed E-state index contributed by atoms with van der Waals surface area (Å²) in [5.41, 5.74) is 0.866. The first-order chi connectivity index (χ1) is 9.61. The molecule has 0 aliphatic rings. The molecule has 2 N–H and O–H groups in total. The van der Waals surface area contributed by atoms with Gasteiger partial charge in [0.15, 0.2) is 0 Å². The van der Waals surface area contributed by atoms with E-state index >= 15 is 0 Å². The zero-order valence-electron chi connectivity index (χ0n) is 11.0. The monoisotopic (exact) mass is 334 g/mol. The van der Waals surface area contributed by atoms with Crippen LogP contribution in [0.15, 0.2) is 41.1 Å². The predicted octanol–water partition coefficient (Wildman–Crippen LogP) is 2.28. The number of imidazole rings is 1. The van der Waals surface area contributed by atoms with Crippen LogP contribution in [0.5, 0.6) is 0 Å². The highest BCUT2D eigenvalue weighted by molar-refractivity contribution is 9.10. The van der Waals surface area contributed by atoms with Gasteiger partial charge in [-0.25, -0.2) is 4.98 Å². The number of hydrogen-bond donors (Lipinski definition) is 2. The third-order valence-electron chi connectivity index (χ3n) is 2.81. The van der Waals surface area contributed by atoms with Crippen LogP contribution in [-0.4, -0.2) is 26.4 Å². The van der Waals surface area contributed by atoms with Gasteiger partial charge in [-0.1, -0.05) is 27.8 Å². The van der Waals surface area contributed by atoms with E-state index in [4.69, 9.17) is 0 Å². The molecule has 20 heavy (non-hydrogen) atoms. The summed E-state index contributed by atoms with van der Waals surface area (Å²) in [6, 6.07) is 7.20.